The van der Waals surface area contributed by atoms with Crippen LogP contribution in [0.5, 0.6) is 0 Å². The molecule has 0 saturated heterocycles. The van der Waals surface area contributed by atoms with Gasteiger partial charge in [-0.1, -0.05) is 54.6 Å². The van der Waals surface area contributed by atoms with Gasteiger partial charge in [0.25, 0.3) is 0 Å². The van der Waals surface area contributed by atoms with E-state index in [0.717, 1.165) is 77.5 Å². The highest BCUT2D eigenvalue weighted by Crippen LogP contribution is 2.38. The standard InChI is InChI=1S/C30H15N5O/c1-2-7-17-16(6-1)12-13-21-27(17)32-30-33(21)22-9-5-10-23-28(22)35(30)29-31-20-15-26-19(14-24(20)34(23)29)18-8-3-4-11-25(18)36-26/h1-15H. The van der Waals surface area contributed by atoms with E-state index in [1.54, 1.807) is 0 Å². The summed E-state index contributed by atoms with van der Waals surface area (Å²) in [6.07, 6.45) is 0. The Bertz CT molecular complexity index is 2540. The van der Waals surface area contributed by atoms with Gasteiger partial charge in [0.15, 0.2) is 0 Å². The van der Waals surface area contributed by atoms with E-state index >= 15 is 0 Å². The molecule has 166 valence electrons. The Kier molecular flexibility index (Phi) is 2.69. The Hall–Kier alpha value is -5.10. The van der Waals surface area contributed by atoms with Crippen molar-refractivity contribution in [2.45, 2.75) is 0 Å². The second kappa shape index (κ2) is 5.58. The fraction of sp³-hybridized carbons (Fsp3) is 0. The lowest BCUT2D eigenvalue weighted by molar-refractivity contribution is 0.669. The van der Waals surface area contributed by atoms with Crippen molar-refractivity contribution in [1.29, 1.82) is 0 Å². The van der Waals surface area contributed by atoms with Gasteiger partial charge in [0.2, 0.25) is 11.6 Å². The first-order valence-electron chi connectivity index (χ1n) is 12.0. The largest absolute Gasteiger partial charge is 0.456 e. The predicted octanol–water partition coefficient (Wildman–Crippen LogP) is 7.18. The Morgan fingerprint density at radius 3 is 2.22 bits per heavy atom. The first kappa shape index (κ1) is 17.4. The van der Waals surface area contributed by atoms with Crippen molar-refractivity contribution < 1.29 is 4.42 Å². The third-order valence-corrected chi connectivity index (χ3v) is 7.77. The molecule has 0 aliphatic carbocycles. The highest BCUT2D eigenvalue weighted by molar-refractivity contribution is 6.12. The summed E-state index contributed by atoms with van der Waals surface area (Å²) in [6, 6.07) is 31.7. The lowest BCUT2D eigenvalue weighted by Gasteiger charge is -2.00. The lowest BCUT2D eigenvalue weighted by atomic mass is 10.1. The number of hydrogen-bond donors (Lipinski definition) is 0. The summed E-state index contributed by atoms with van der Waals surface area (Å²) in [5.74, 6) is 1.75. The van der Waals surface area contributed by atoms with E-state index in [0.29, 0.717) is 0 Å². The van der Waals surface area contributed by atoms with Gasteiger partial charge in [-0.15, -0.1) is 0 Å². The van der Waals surface area contributed by atoms with Crippen molar-refractivity contribution >= 4 is 82.9 Å². The summed E-state index contributed by atoms with van der Waals surface area (Å²) in [5.41, 5.74) is 9.24. The number of para-hydroxylation sites is 2. The second-order valence-corrected chi connectivity index (χ2v) is 9.56. The highest BCUT2D eigenvalue weighted by atomic mass is 16.3. The zero-order valence-corrected chi connectivity index (χ0v) is 18.8. The van der Waals surface area contributed by atoms with Crippen molar-refractivity contribution in [1.82, 2.24) is 23.2 Å². The molecule has 0 aliphatic rings. The summed E-state index contributed by atoms with van der Waals surface area (Å²) in [7, 11) is 0. The molecule has 6 nitrogen and oxygen atoms in total. The number of aromatic nitrogens is 5. The molecule has 0 unspecified atom stereocenters. The normalized spacial score (nSPS) is 13.0. The molecule has 10 aromatic rings. The van der Waals surface area contributed by atoms with Gasteiger partial charge < -0.3 is 4.42 Å². The van der Waals surface area contributed by atoms with Crippen LogP contribution in [0.25, 0.3) is 82.9 Å². The Labute approximate surface area is 201 Å². The fourth-order valence-corrected chi connectivity index (χ4v) is 6.26. The van der Waals surface area contributed by atoms with E-state index in [1.807, 2.05) is 12.1 Å². The maximum absolute atomic E-state index is 6.15. The van der Waals surface area contributed by atoms with E-state index in [2.05, 4.69) is 92.1 Å². The maximum atomic E-state index is 6.15. The van der Waals surface area contributed by atoms with Gasteiger partial charge in [0, 0.05) is 22.2 Å². The Morgan fingerprint density at radius 1 is 0.528 bits per heavy atom. The zero-order valence-electron chi connectivity index (χ0n) is 18.8. The highest BCUT2D eigenvalue weighted by Gasteiger charge is 2.24. The zero-order chi connectivity index (χ0) is 23.1. The van der Waals surface area contributed by atoms with Gasteiger partial charge in [0.1, 0.15) is 16.7 Å². The minimum absolute atomic E-state index is 0.856. The SMILES string of the molecule is c1ccc2c(c1)ccc1c2nc2n1c1cccc3c1n2c1nc2cc4oc5ccccc5c4cc2n31. The van der Waals surface area contributed by atoms with Crippen LogP contribution in [0.3, 0.4) is 0 Å². The van der Waals surface area contributed by atoms with Crippen LogP contribution >= 0.6 is 0 Å². The molecular formula is C30H15N5O. The molecular weight excluding hydrogens is 446 g/mol. The molecule has 0 spiro atoms. The molecule has 0 atom stereocenters. The van der Waals surface area contributed by atoms with Gasteiger partial charge in [-0.2, -0.15) is 0 Å². The van der Waals surface area contributed by atoms with E-state index < -0.39 is 0 Å². The second-order valence-electron chi connectivity index (χ2n) is 9.56. The molecule has 0 N–H and O–H groups in total. The molecule has 0 radical (unpaired) electrons. The number of imidazole rings is 4. The summed E-state index contributed by atoms with van der Waals surface area (Å²) < 4.78 is 12.9. The van der Waals surface area contributed by atoms with Crippen LogP contribution < -0.4 is 0 Å². The van der Waals surface area contributed by atoms with Crippen LogP contribution in [0, 0.1) is 0 Å². The number of benzene rings is 5. The van der Waals surface area contributed by atoms with E-state index in [-0.39, 0.29) is 0 Å². The van der Waals surface area contributed by atoms with Gasteiger partial charge in [-0.3, -0.25) is 8.80 Å². The molecule has 36 heavy (non-hydrogen) atoms. The summed E-state index contributed by atoms with van der Waals surface area (Å²) in [4.78, 5) is 10.3. The van der Waals surface area contributed by atoms with Crippen molar-refractivity contribution in [2.75, 3.05) is 0 Å². The van der Waals surface area contributed by atoms with Crippen LogP contribution in [-0.4, -0.2) is 23.2 Å². The third kappa shape index (κ3) is 1.80. The topological polar surface area (TPSA) is 52.2 Å². The van der Waals surface area contributed by atoms with Crippen LogP contribution in [0.4, 0.5) is 0 Å². The molecule has 0 saturated carbocycles. The average Bonchev–Trinajstić information content (AvgIpc) is 3.68. The van der Waals surface area contributed by atoms with E-state index in [9.17, 15) is 0 Å². The monoisotopic (exact) mass is 461 g/mol. The van der Waals surface area contributed by atoms with Crippen molar-refractivity contribution in [3.63, 3.8) is 0 Å². The number of rotatable bonds is 0. The smallest absolute Gasteiger partial charge is 0.223 e. The molecule has 10 rings (SSSR count). The van der Waals surface area contributed by atoms with Crippen LogP contribution in [-0.2, 0) is 0 Å². The van der Waals surface area contributed by atoms with E-state index in [4.69, 9.17) is 14.4 Å². The Morgan fingerprint density at radius 2 is 1.31 bits per heavy atom. The molecule has 0 amide bonds. The fourth-order valence-electron chi connectivity index (χ4n) is 6.26. The number of furan rings is 1. The minimum atomic E-state index is 0.856. The quantitative estimate of drug-likeness (QED) is 0.240. The molecule has 0 bridgehead atoms. The minimum Gasteiger partial charge on any atom is -0.456 e. The van der Waals surface area contributed by atoms with Crippen molar-refractivity contribution in [2.24, 2.45) is 0 Å². The van der Waals surface area contributed by atoms with Crippen LogP contribution in [0.1, 0.15) is 0 Å². The predicted molar refractivity (Wildman–Crippen MR) is 143 cm³/mol. The number of hydrogen-bond acceptors (Lipinski definition) is 3. The number of fused-ring (bicyclic) bond motifs is 15. The first-order chi connectivity index (χ1) is 17.8. The molecule has 6 heteroatoms. The third-order valence-electron chi connectivity index (χ3n) is 7.77. The van der Waals surface area contributed by atoms with Gasteiger partial charge >= 0.3 is 0 Å². The van der Waals surface area contributed by atoms with Crippen LogP contribution in [0.15, 0.2) is 95.4 Å². The molecule has 5 aromatic carbocycles. The molecule has 5 aromatic heterocycles. The number of nitrogens with zero attached hydrogens (tertiary/aromatic N) is 5. The summed E-state index contributed by atoms with van der Waals surface area (Å²) in [6.45, 7) is 0. The van der Waals surface area contributed by atoms with Gasteiger partial charge in [0.05, 0.1) is 33.1 Å². The lowest BCUT2D eigenvalue weighted by Crippen LogP contribution is -1.87. The van der Waals surface area contributed by atoms with Crippen molar-refractivity contribution in [3.05, 3.63) is 91.0 Å². The first-order valence-corrected chi connectivity index (χ1v) is 12.0. The molecule has 0 fully saturated rings. The Balaban J connectivity index is 1.45. The van der Waals surface area contributed by atoms with Gasteiger partial charge in [-0.25, -0.2) is 14.4 Å². The summed E-state index contributed by atoms with van der Waals surface area (Å²) >= 11 is 0. The van der Waals surface area contributed by atoms with E-state index in [1.165, 1.54) is 5.39 Å². The molecule has 0 aliphatic heterocycles. The average molecular weight is 461 g/mol. The molecule has 5 heterocycles. The van der Waals surface area contributed by atoms with Crippen molar-refractivity contribution in [3.8, 4) is 0 Å². The summed E-state index contributed by atoms with van der Waals surface area (Å²) in [5, 5.41) is 4.58. The van der Waals surface area contributed by atoms with Gasteiger partial charge in [-0.05, 0) is 35.7 Å². The van der Waals surface area contributed by atoms with Crippen LogP contribution in [0.2, 0.25) is 0 Å². The maximum Gasteiger partial charge on any atom is 0.223 e.